The van der Waals surface area contributed by atoms with Crippen LogP contribution in [0.4, 0.5) is 5.82 Å². The second kappa shape index (κ2) is 5.80. The lowest BCUT2D eigenvalue weighted by Crippen LogP contribution is -2.16. The van der Waals surface area contributed by atoms with Crippen molar-refractivity contribution in [3.05, 3.63) is 41.3 Å². The minimum atomic E-state index is 0.537. The zero-order valence-corrected chi connectivity index (χ0v) is 12.3. The minimum Gasteiger partial charge on any atom is -0.367 e. The number of anilines is 1. The van der Waals surface area contributed by atoms with Gasteiger partial charge in [-0.25, -0.2) is 9.97 Å². The summed E-state index contributed by atoms with van der Waals surface area (Å²) in [6.45, 7) is 1.92. The van der Waals surface area contributed by atoms with E-state index < -0.39 is 0 Å². The maximum Gasteiger partial charge on any atom is 0.137 e. The molecule has 104 valence electrons. The quantitative estimate of drug-likeness (QED) is 0.906. The van der Waals surface area contributed by atoms with Crippen LogP contribution in [0.5, 0.6) is 0 Å². The number of rotatable bonds is 3. The molecule has 0 bridgehead atoms. The number of halogens is 1. The third kappa shape index (κ3) is 2.93. The Hall–Kier alpha value is -1.61. The Morgan fingerprint density at radius 2 is 1.85 bits per heavy atom. The van der Waals surface area contributed by atoms with Gasteiger partial charge in [-0.1, -0.05) is 36.6 Å². The van der Waals surface area contributed by atoms with E-state index in [0.29, 0.717) is 6.04 Å². The molecule has 0 radical (unpaired) electrons. The summed E-state index contributed by atoms with van der Waals surface area (Å²) in [6, 6.07) is 8.36. The standard InChI is InChI=1S/C16H18ClN3/c1-11-18-10-15(12-6-8-13(17)9-7-12)16(19-11)20-14-4-2-3-5-14/h6-10,14H,2-5H2,1H3,(H,18,19,20). The summed E-state index contributed by atoms with van der Waals surface area (Å²) in [5.74, 6) is 1.73. The van der Waals surface area contributed by atoms with Gasteiger partial charge in [0.05, 0.1) is 0 Å². The third-order valence-corrected chi connectivity index (χ3v) is 4.01. The Kier molecular flexibility index (Phi) is 3.88. The van der Waals surface area contributed by atoms with Crippen molar-refractivity contribution in [2.75, 3.05) is 5.32 Å². The second-order valence-electron chi connectivity index (χ2n) is 5.31. The molecular formula is C16H18ClN3. The largest absolute Gasteiger partial charge is 0.367 e. The van der Waals surface area contributed by atoms with Crippen LogP contribution in [0.3, 0.4) is 0 Å². The zero-order valence-electron chi connectivity index (χ0n) is 11.6. The molecule has 1 aromatic heterocycles. The van der Waals surface area contributed by atoms with Crippen LogP contribution in [0, 0.1) is 6.92 Å². The van der Waals surface area contributed by atoms with E-state index in [2.05, 4.69) is 15.3 Å². The second-order valence-corrected chi connectivity index (χ2v) is 5.75. The van der Waals surface area contributed by atoms with Gasteiger partial charge in [0.25, 0.3) is 0 Å². The Morgan fingerprint density at radius 1 is 1.15 bits per heavy atom. The third-order valence-electron chi connectivity index (χ3n) is 3.76. The minimum absolute atomic E-state index is 0.537. The van der Waals surface area contributed by atoms with E-state index in [1.807, 2.05) is 37.4 Å². The van der Waals surface area contributed by atoms with Crippen LogP contribution in [0.25, 0.3) is 11.1 Å². The van der Waals surface area contributed by atoms with Crippen LogP contribution in [-0.2, 0) is 0 Å². The maximum absolute atomic E-state index is 5.95. The van der Waals surface area contributed by atoms with Gasteiger partial charge >= 0.3 is 0 Å². The van der Waals surface area contributed by atoms with Gasteiger partial charge in [-0.15, -0.1) is 0 Å². The summed E-state index contributed by atoms with van der Waals surface area (Å²) < 4.78 is 0. The maximum atomic E-state index is 5.95. The van der Waals surface area contributed by atoms with Crippen molar-refractivity contribution < 1.29 is 0 Å². The number of benzene rings is 1. The van der Waals surface area contributed by atoms with Crippen molar-refractivity contribution in [2.45, 2.75) is 38.6 Å². The summed E-state index contributed by atoms with van der Waals surface area (Å²) in [5, 5.41) is 4.32. The topological polar surface area (TPSA) is 37.8 Å². The van der Waals surface area contributed by atoms with Gasteiger partial charge < -0.3 is 5.32 Å². The first-order valence-electron chi connectivity index (χ1n) is 7.08. The fourth-order valence-electron chi connectivity index (χ4n) is 2.68. The summed E-state index contributed by atoms with van der Waals surface area (Å²) in [6.07, 6.45) is 6.95. The highest BCUT2D eigenvalue weighted by Crippen LogP contribution is 2.29. The van der Waals surface area contributed by atoms with Gasteiger partial charge in [-0.05, 0) is 37.5 Å². The molecule has 1 N–H and O–H groups in total. The lowest BCUT2D eigenvalue weighted by molar-refractivity contribution is 0.749. The molecule has 0 saturated heterocycles. The fraction of sp³-hybridized carbons (Fsp3) is 0.375. The SMILES string of the molecule is Cc1ncc(-c2ccc(Cl)cc2)c(NC2CCCC2)n1. The molecule has 4 heteroatoms. The first-order chi connectivity index (χ1) is 9.72. The van der Waals surface area contributed by atoms with Crippen LogP contribution in [0.1, 0.15) is 31.5 Å². The molecule has 2 aromatic rings. The molecule has 1 aliphatic carbocycles. The zero-order chi connectivity index (χ0) is 13.9. The highest BCUT2D eigenvalue weighted by Gasteiger charge is 2.17. The van der Waals surface area contributed by atoms with Crippen molar-refractivity contribution in [1.29, 1.82) is 0 Å². The normalized spacial score (nSPS) is 15.5. The molecule has 1 aliphatic rings. The summed E-state index contributed by atoms with van der Waals surface area (Å²) in [4.78, 5) is 8.91. The average molecular weight is 288 g/mol. The molecule has 20 heavy (non-hydrogen) atoms. The molecule has 0 aliphatic heterocycles. The van der Waals surface area contributed by atoms with E-state index in [1.165, 1.54) is 25.7 Å². The van der Waals surface area contributed by atoms with Gasteiger partial charge in [0, 0.05) is 22.8 Å². The Morgan fingerprint density at radius 3 is 2.55 bits per heavy atom. The van der Waals surface area contributed by atoms with Crippen molar-refractivity contribution in [2.24, 2.45) is 0 Å². The molecule has 1 saturated carbocycles. The number of hydrogen-bond acceptors (Lipinski definition) is 3. The number of aryl methyl sites for hydroxylation is 1. The number of nitrogens with one attached hydrogen (secondary N) is 1. The predicted molar refractivity (Wildman–Crippen MR) is 83.1 cm³/mol. The van der Waals surface area contributed by atoms with Crippen molar-refractivity contribution in [3.63, 3.8) is 0 Å². The van der Waals surface area contributed by atoms with Gasteiger partial charge in [-0.3, -0.25) is 0 Å². The summed E-state index contributed by atoms with van der Waals surface area (Å²) in [7, 11) is 0. The predicted octanol–water partition coefficient (Wildman–Crippen LogP) is 4.46. The van der Waals surface area contributed by atoms with Gasteiger partial charge in [-0.2, -0.15) is 0 Å². The molecule has 1 aromatic carbocycles. The van der Waals surface area contributed by atoms with E-state index in [4.69, 9.17) is 11.6 Å². The van der Waals surface area contributed by atoms with Crippen LogP contribution in [0.15, 0.2) is 30.5 Å². The molecule has 3 rings (SSSR count). The molecule has 0 spiro atoms. The first-order valence-corrected chi connectivity index (χ1v) is 7.46. The monoisotopic (exact) mass is 287 g/mol. The van der Waals surface area contributed by atoms with E-state index in [-0.39, 0.29) is 0 Å². The van der Waals surface area contributed by atoms with Crippen molar-refractivity contribution in [3.8, 4) is 11.1 Å². The van der Waals surface area contributed by atoms with Crippen LogP contribution in [0.2, 0.25) is 5.02 Å². The van der Waals surface area contributed by atoms with E-state index >= 15 is 0 Å². The molecule has 1 heterocycles. The lowest BCUT2D eigenvalue weighted by Gasteiger charge is -2.16. The Bertz CT molecular complexity index is 589. The number of nitrogens with zero attached hydrogens (tertiary/aromatic N) is 2. The van der Waals surface area contributed by atoms with E-state index in [1.54, 1.807) is 0 Å². The molecule has 1 fully saturated rings. The molecule has 0 unspecified atom stereocenters. The van der Waals surface area contributed by atoms with E-state index in [9.17, 15) is 0 Å². The molecule has 3 nitrogen and oxygen atoms in total. The smallest absolute Gasteiger partial charge is 0.137 e. The molecule has 0 atom stereocenters. The van der Waals surface area contributed by atoms with Crippen LogP contribution >= 0.6 is 11.6 Å². The van der Waals surface area contributed by atoms with Crippen LogP contribution in [-0.4, -0.2) is 16.0 Å². The lowest BCUT2D eigenvalue weighted by atomic mass is 10.1. The fourth-order valence-corrected chi connectivity index (χ4v) is 2.81. The van der Waals surface area contributed by atoms with Crippen molar-refractivity contribution in [1.82, 2.24) is 9.97 Å². The molecular weight excluding hydrogens is 270 g/mol. The Labute approximate surface area is 124 Å². The summed E-state index contributed by atoms with van der Waals surface area (Å²) >= 11 is 5.95. The van der Waals surface area contributed by atoms with Gasteiger partial charge in [0.2, 0.25) is 0 Å². The highest BCUT2D eigenvalue weighted by atomic mass is 35.5. The number of hydrogen-bond donors (Lipinski definition) is 1. The Balaban J connectivity index is 1.94. The van der Waals surface area contributed by atoms with Crippen LogP contribution < -0.4 is 5.32 Å². The number of aromatic nitrogens is 2. The molecule has 0 amide bonds. The van der Waals surface area contributed by atoms with Gasteiger partial charge in [0.1, 0.15) is 11.6 Å². The summed E-state index contributed by atoms with van der Waals surface area (Å²) in [5.41, 5.74) is 2.13. The van der Waals surface area contributed by atoms with Gasteiger partial charge in [0.15, 0.2) is 0 Å². The highest BCUT2D eigenvalue weighted by molar-refractivity contribution is 6.30. The van der Waals surface area contributed by atoms with E-state index in [0.717, 1.165) is 27.8 Å². The first kappa shape index (κ1) is 13.4. The van der Waals surface area contributed by atoms with Crippen molar-refractivity contribution >= 4 is 17.4 Å². The average Bonchev–Trinajstić information content (AvgIpc) is 2.93.